The van der Waals surface area contributed by atoms with E-state index >= 15 is 0 Å². The van der Waals surface area contributed by atoms with Crippen LogP contribution in [0.4, 0.5) is 5.69 Å². The van der Waals surface area contributed by atoms with E-state index in [-0.39, 0.29) is 12.7 Å². The third-order valence-electron chi connectivity index (χ3n) is 3.49. The standard InChI is InChI=1S/C15H11NO3/c17-15-11-4-2-1-3-9(11)5-10-6-13-14(19-8-18-13)7-12(10)16-15/h1-4,6-7H,5,8H2,(H,16,17). The number of hydrogen-bond acceptors (Lipinski definition) is 3. The summed E-state index contributed by atoms with van der Waals surface area (Å²) in [6.07, 6.45) is 0.709. The Hall–Kier alpha value is -2.49. The van der Waals surface area contributed by atoms with Crippen molar-refractivity contribution in [3.05, 3.63) is 53.1 Å². The van der Waals surface area contributed by atoms with E-state index in [9.17, 15) is 4.79 Å². The summed E-state index contributed by atoms with van der Waals surface area (Å²) in [4.78, 5) is 12.2. The SMILES string of the molecule is O=C1Nc2cc3c(cc2Cc2ccccc21)OCO3. The Bertz CT molecular complexity index is 694. The molecular weight excluding hydrogens is 242 g/mol. The molecule has 0 radical (unpaired) electrons. The smallest absolute Gasteiger partial charge is 0.255 e. The van der Waals surface area contributed by atoms with E-state index in [4.69, 9.17) is 9.47 Å². The van der Waals surface area contributed by atoms with Crippen molar-refractivity contribution in [2.24, 2.45) is 0 Å². The lowest BCUT2D eigenvalue weighted by atomic mass is 10.0. The zero-order valence-corrected chi connectivity index (χ0v) is 10.1. The van der Waals surface area contributed by atoms with Gasteiger partial charge in [0.15, 0.2) is 11.5 Å². The van der Waals surface area contributed by atoms with Gasteiger partial charge in [0.25, 0.3) is 5.91 Å². The molecule has 0 aliphatic carbocycles. The van der Waals surface area contributed by atoms with Gasteiger partial charge >= 0.3 is 0 Å². The Balaban J connectivity index is 1.88. The largest absolute Gasteiger partial charge is 0.454 e. The average molecular weight is 253 g/mol. The molecule has 0 unspecified atom stereocenters. The first kappa shape index (κ1) is 10.4. The Labute approximate surface area is 110 Å². The number of nitrogens with one attached hydrogen (secondary N) is 1. The van der Waals surface area contributed by atoms with Crippen LogP contribution in [0.2, 0.25) is 0 Å². The van der Waals surface area contributed by atoms with Crippen molar-refractivity contribution in [1.29, 1.82) is 0 Å². The fourth-order valence-electron chi connectivity index (χ4n) is 2.54. The van der Waals surface area contributed by atoms with Crippen LogP contribution in [0, 0.1) is 0 Å². The summed E-state index contributed by atoms with van der Waals surface area (Å²) < 4.78 is 10.7. The first-order valence-corrected chi connectivity index (χ1v) is 6.13. The fraction of sp³-hybridized carbons (Fsp3) is 0.133. The van der Waals surface area contributed by atoms with Crippen LogP contribution >= 0.6 is 0 Å². The minimum absolute atomic E-state index is 0.0757. The van der Waals surface area contributed by atoms with Crippen LogP contribution in [0.15, 0.2) is 36.4 Å². The molecule has 4 heteroatoms. The van der Waals surface area contributed by atoms with Crippen LogP contribution in [0.5, 0.6) is 11.5 Å². The monoisotopic (exact) mass is 253 g/mol. The van der Waals surface area contributed by atoms with Crippen molar-refractivity contribution in [2.75, 3.05) is 12.1 Å². The first-order valence-electron chi connectivity index (χ1n) is 6.13. The van der Waals surface area contributed by atoms with Gasteiger partial charge in [-0.1, -0.05) is 18.2 Å². The average Bonchev–Trinajstić information content (AvgIpc) is 2.81. The van der Waals surface area contributed by atoms with Crippen molar-refractivity contribution in [3.8, 4) is 11.5 Å². The summed E-state index contributed by atoms with van der Waals surface area (Å²) in [6, 6.07) is 11.4. The molecule has 1 N–H and O–H groups in total. The Morgan fingerprint density at radius 3 is 2.68 bits per heavy atom. The predicted molar refractivity (Wildman–Crippen MR) is 69.8 cm³/mol. The van der Waals surface area contributed by atoms with Crippen LogP contribution in [0.3, 0.4) is 0 Å². The van der Waals surface area contributed by atoms with Gasteiger partial charge in [-0.2, -0.15) is 0 Å². The molecule has 0 spiro atoms. The van der Waals surface area contributed by atoms with E-state index in [1.54, 1.807) is 0 Å². The number of rotatable bonds is 0. The van der Waals surface area contributed by atoms with E-state index in [0.717, 1.165) is 28.1 Å². The maximum absolute atomic E-state index is 12.2. The number of carbonyl (C=O) groups is 1. The molecular formula is C15H11NO3. The maximum Gasteiger partial charge on any atom is 0.255 e. The van der Waals surface area contributed by atoms with Crippen LogP contribution in [-0.2, 0) is 6.42 Å². The second-order valence-corrected chi connectivity index (χ2v) is 4.65. The molecule has 0 fully saturated rings. The number of ether oxygens (including phenoxy) is 2. The fourth-order valence-corrected chi connectivity index (χ4v) is 2.54. The second-order valence-electron chi connectivity index (χ2n) is 4.65. The highest BCUT2D eigenvalue weighted by molar-refractivity contribution is 6.07. The third kappa shape index (κ3) is 1.57. The molecule has 94 valence electrons. The van der Waals surface area contributed by atoms with Gasteiger partial charge in [0.2, 0.25) is 6.79 Å². The minimum Gasteiger partial charge on any atom is -0.454 e. The molecule has 0 atom stereocenters. The van der Waals surface area contributed by atoms with Crippen molar-refractivity contribution in [1.82, 2.24) is 0 Å². The summed E-state index contributed by atoms with van der Waals surface area (Å²) in [7, 11) is 0. The second kappa shape index (κ2) is 3.75. The lowest BCUT2D eigenvalue weighted by Crippen LogP contribution is -2.11. The van der Waals surface area contributed by atoms with E-state index in [1.807, 2.05) is 36.4 Å². The summed E-state index contributed by atoms with van der Waals surface area (Å²) in [6.45, 7) is 0.239. The van der Waals surface area contributed by atoms with Crippen molar-refractivity contribution >= 4 is 11.6 Å². The molecule has 2 heterocycles. The van der Waals surface area contributed by atoms with Gasteiger partial charge in [-0.3, -0.25) is 4.79 Å². The number of hydrogen-bond donors (Lipinski definition) is 1. The highest BCUT2D eigenvalue weighted by Gasteiger charge is 2.23. The lowest BCUT2D eigenvalue weighted by molar-refractivity contribution is 0.102. The molecule has 0 saturated carbocycles. The van der Waals surface area contributed by atoms with Crippen molar-refractivity contribution in [3.63, 3.8) is 0 Å². The van der Waals surface area contributed by atoms with Crippen LogP contribution < -0.4 is 14.8 Å². The molecule has 2 aliphatic heterocycles. The van der Waals surface area contributed by atoms with E-state index in [0.29, 0.717) is 12.2 Å². The normalized spacial score (nSPS) is 15.3. The summed E-state index contributed by atoms with van der Waals surface area (Å²) in [5.74, 6) is 1.35. The molecule has 4 rings (SSSR count). The zero-order chi connectivity index (χ0) is 12.8. The Morgan fingerprint density at radius 1 is 1.00 bits per heavy atom. The topological polar surface area (TPSA) is 47.6 Å². The van der Waals surface area contributed by atoms with E-state index in [1.165, 1.54) is 0 Å². The van der Waals surface area contributed by atoms with Gasteiger partial charge < -0.3 is 14.8 Å². The Kier molecular flexibility index (Phi) is 2.06. The summed E-state index contributed by atoms with van der Waals surface area (Å²) in [5.41, 5.74) is 3.59. The number of amides is 1. The molecule has 4 nitrogen and oxygen atoms in total. The number of carbonyl (C=O) groups excluding carboxylic acids is 1. The van der Waals surface area contributed by atoms with Gasteiger partial charge in [0, 0.05) is 23.7 Å². The minimum atomic E-state index is -0.0757. The molecule has 2 aromatic carbocycles. The van der Waals surface area contributed by atoms with Crippen LogP contribution in [0.25, 0.3) is 0 Å². The molecule has 2 aliphatic rings. The summed E-state index contributed by atoms with van der Waals surface area (Å²) >= 11 is 0. The maximum atomic E-state index is 12.2. The predicted octanol–water partition coefficient (Wildman–Crippen LogP) is 2.57. The van der Waals surface area contributed by atoms with Crippen LogP contribution in [-0.4, -0.2) is 12.7 Å². The molecule has 0 aromatic heterocycles. The quantitative estimate of drug-likeness (QED) is 0.785. The van der Waals surface area contributed by atoms with Gasteiger partial charge in [-0.15, -0.1) is 0 Å². The highest BCUT2D eigenvalue weighted by Crippen LogP contribution is 2.39. The van der Waals surface area contributed by atoms with E-state index in [2.05, 4.69) is 5.32 Å². The number of anilines is 1. The zero-order valence-electron chi connectivity index (χ0n) is 10.1. The lowest BCUT2D eigenvalue weighted by Gasteiger charge is -2.07. The summed E-state index contributed by atoms with van der Waals surface area (Å²) in [5, 5.41) is 2.93. The van der Waals surface area contributed by atoms with E-state index < -0.39 is 0 Å². The molecule has 0 saturated heterocycles. The number of fused-ring (bicyclic) bond motifs is 3. The van der Waals surface area contributed by atoms with Crippen molar-refractivity contribution in [2.45, 2.75) is 6.42 Å². The third-order valence-corrected chi connectivity index (χ3v) is 3.49. The van der Waals surface area contributed by atoms with Gasteiger partial charge in [0.1, 0.15) is 0 Å². The highest BCUT2D eigenvalue weighted by atomic mass is 16.7. The first-order chi connectivity index (χ1) is 9.31. The van der Waals surface area contributed by atoms with Gasteiger partial charge in [-0.05, 0) is 23.3 Å². The number of benzene rings is 2. The molecule has 19 heavy (non-hydrogen) atoms. The Morgan fingerprint density at radius 2 is 1.79 bits per heavy atom. The van der Waals surface area contributed by atoms with Crippen molar-refractivity contribution < 1.29 is 14.3 Å². The van der Waals surface area contributed by atoms with Gasteiger partial charge in [-0.25, -0.2) is 0 Å². The molecule has 1 amide bonds. The van der Waals surface area contributed by atoms with Gasteiger partial charge in [0.05, 0.1) is 0 Å². The molecule has 0 bridgehead atoms. The molecule has 2 aromatic rings. The van der Waals surface area contributed by atoms with Crippen LogP contribution in [0.1, 0.15) is 21.5 Å².